The van der Waals surface area contributed by atoms with Crippen molar-refractivity contribution in [1.29, 1.82) is 0 Å². The highest BCUT2D eigenvalue weighted by Gasteiger charge is 2.30. The minimum Gasteiger partial charge on any atom is -0.381 e. The number of hydrogen-bond donors (Lipinski definition) is 0. The fourth-order valence-electron chi connectivity index (χ4n) is 1.53. The summed E-state index contributed by atoms with van der Waals surface area (Å²) >= 11 is 0. The Labute approximate surface area is 63.3 Å². The lowest BCUT2D eigenvalue weighted by Gasteiger charge is -2.14. The molecule has 0 aromatic rings. The van der Waals surface area contributed by atoms with Gasteiger partial charge in [-0.2, -0.15) is 0 Å². The summed E-state index contributed by atoms with van der Waals surface area (Å²) in [6.45, 7) is 2.13. The van der Waals surface area contributed by atoms with Crippen molar-refractivity contribution in [2.24, 2.45) is 0 Å². The van der Waals surface area contributed by atoms with E-state index in [1.54, 1.807) is 7.11 Å². The normalized spacial score (nSPS) is 40.4. The smallest absolute Gasteiger partial charge is 0.139 e. The fourth-order valence-corrected chi connectivity index (χ4v) is 1.53. The molecule has 1 saturated heterocycles. The van der Waals surface area contributed by atoms with Crippen molar-refractivity contribution < 1.29 is 9.47 Å². The molecule has 58 valence electrons. The Morgan fingerprint density at radius 3 is 2.80 bits per heavy atom. The first kappa shape index (κ1) is 8.09. The highest BCUT2D eigenvalue weighted by molar-refractivity contribution is 6.11. The summed E-state index contributed by atoms with van der Waals surface area (Å²) in [5.41, 5.74) is 0. The SMILES string of the molecule is B[C@H]1C[C@@H](OC)[C@@H](CC)O1. The van der Waals surface area contributed by atoms with Crippen LogP contribution in [-0.2, 0) is 9.47 Å². The fraction of sp³-hybridized carbons (Fsp3) is 1.00. The maximum absolute atomic E-state index is 5.59. The third-order valence-corrected chi connectivity index (χ3v) is 2.09. The predicted octanol–water partition coefficient (Wildman–Crippen LogP) is 0.159. The highest BCUT2D eigenvalue weighted by Crippen LogP contribution is 2.22. The van der Waals surface area contributed by atoms with Crippen molar-refractivity contribution in [2.45, 2.75) is 38.0 Å². The molecule has 1 aliphatic rings. The lowest BCUT2D eigenvalue weighted by Crippen LogP contribution is -2.21. The van der Waals surface area contributed by atoms with E-state index in [1.165, 1.54) is 0 Å². The molecule has 1 aliphatic heterocycles. The van der Waals surface area contributed by atoms with Crippen molar-refractivity contribution in [3.8, 4) is 0 Å². The van der Waals surface area contributed by atoms with E-state index in [0.717, 1.165) is 12.8 Å². The van der Waals surface area contributed by atoms with Crippen LogP contribution < -0.4 is 0 Å². The summed E-state index contributed by atoms with van der Waals surface area (Å²) in [5.74, 6) is 0. The Hall–Kier alpha value is -0.0151. The van der Waals surface area contributed by atoms with Crippen molar-refractivity contribution in [3.63, 3.8) is 0 Å². The van der Waals surface area contributed by atoms with Gasteiger partial charge >= 0.3 is 0 Å². The Kier molecular flexibility index (Phi) is 2.75. The molecule has 0 aliphatic carbocycles. The van der Waals surface area contributed by atoms with Gasteiger partial charge in [0.15, 0.2) is 0 Å². The number of rotatable bonds is 2. The van der Waals surface area contributed by atoms with Gasteiger partial charge in [0, 0.05) is 13.1 Å². The average molecular weight is 142 g/mol. The van der Waals surface area contributed by atoms with Crippen LogP contribution in [0.4, 0.5) is 0 Å². The van der Waals surface area contributed by atoms with Crippen LogP contribution in [0.3, 0.4) is 0 Å². The van der Waals surface area contributed by atoms with Crippen molar-refractivity contribution in [3.05, 3.63) is 0 Å². The summed E-state index contributed by atoms with van der Waals surface area (Å²) in [6, 6.07) is 0.384. The van der Waals surface area contributed by atoms with Gasteiger partial charge in [-0.1, -0.05) is 6.92 Å². The molecular formula is C7H15BO2. The topological polar surface area (TPSA) is 18.5 Å². The monoisotopic (exact) mass is 142 g/mol. The Bertz CT molecular complexity index is 95.8. The maximum atomic E-state index is 5.59. The number of hydrogen-bond acceptors (Lipinski definition) is 2. The third-order valence-electron chi connectivity index (χ3n) is 2.09. The van der Waals surface area contributed by atoms with Crippen molar-refractivity contribution >= 4 is 7.85 Å². The van der Waals surface area contributed by atoms with Gasteiger partial charge in [-0.25, -0.2) is 0 Å². The zero-order chi connectivity index (χ0) is 7.56. The lowest BCUT2D eigenvalue weighted by molar-refractivity contribution is 0.00825. The van der Waals surface area contributed by atoms with Gasteiger partial charge in [0.2, 0.25) is 0 Å². The first-order valence-electron chi connectivity index (χ1n) is 3.96. The predicted molar refractivity (Wildman–Crippen MR) is 42.9 cm³/mol. The second-order valence-corrected chi connectivity index (χ2v) is 2.90. The van der Waals surface area contributed by atoms with Gasteiger partial charge in [-0.05, 0) is 12.8 Å². The molecule has 1 heterocycles. The van der Waals surface area contributed by atoms with E-state index in [-0.39, 0.29) is 0 Å². The van der Waals surface area contributed by atoms with E-state index < -0.39 is 0 Å². The first-order valence-corrected chi connectivity index (χ1v) is 3.96. The molecule has 0 radical (unpaired) electrons. The maximum Gasteiger partial charge on any atom is 0.139 e. The number of ether oxygens (including phenoxy) is 2. The van der Waals surface area contributed by atoms with Gasteiger partial charge in [0.25, 0.3) is 0 Å². The zero-order valence-corrected chi connectivity index (χ0v) is 6.96. The summed E-state index contributed by atoms with van der Waals surface area (Å²) in [4.78, 5) is 0. The summed E-state index contributed by atoms with van der Waals surface area (Å²) in [5, 5.41) is 0. The molecular weight excluding hydrogens is 127 g/mol. The molecule has 0 N–H and O–H groups in total. The van der Waals surface area contributed by atoms with Gasteiger partial charge in [0.05, 0.1) is 12.2 Å². The van der Waals surface area contributed by atoms with Crippen LogP contribution in [0.1, 0.15) is 19.8 Å². The van der Waals surface area contributed by atoms with Crippen LogP contribution in [0.2, 0.25) is 0 Å². The first-order chi connectivity index (χ1) is 4.77. The van der Waals surface area contributed by atoms with Crippen LogP contribution in [0.15, 0.2) is 0 Å². The molecule has 10 heavy (non-hydrogen) atoms. The number of methoxy groups -OCH3 is 1. The average Bonchev–Trinajstić information content (AvgIpc) is 2.30. The van der Waals surface area contributed by atoms with Gasteiger partial charge in [-0.3, -0.25) is 0 Å². The van der Waals surface area contributed by atoms with E-state index in [4.69, 9.17) is 9.47 Å². The lowest BCUT2D eigenvalue weighted by atomic mass is 9.96. The Morgan fingerprint density at radius 1 is 1.70 bits per heavy atom. The molecule has 3 heteroatoms. The van der Waals surface area contributed by atoms with E-state index in [1.807, 2.05) is 0 Å². The minimum absolute atomic E-state index is 0.333. The van der Waals surface area contributed by atoms with Gasteiger partial charge in [0.1, 0.15) is 7.85 Å². The van der Waals surface area contributed by atoms with Crippen LogP contribution in [0.25, 0.3) is 0 Å². The summed E-state index contributed by atoms with van der Waals surface area (Å²) in [6.07, 6.45) is 2.78. The van der Waals surface area contributed by atoms with Crippen molar-refractivity contribution in [2.75, 3.05) is 7.11 Å². The highest BCUT2D eigenvalue weighted by atomic mass is 16.6. The Morgan fingerprint density at radius 2 is 2.40 bits per heavy atom. The van der Waals surface area contributed by atoms with Crippen LogP contribution in [-0.4, -0.2) is 33.2 Å². The second kappa shape index (κ2) is 3.40. The van der Waals surface area contributed by atoms with E-state index in [2.05, 4.69) is 14.8 Å². The molecule has 1 rings (SSSR count). The molecule has 0 amide bonds. The largest absolute Gasteiger partial charge is 0.381 e. The summed E-state index contributed by atoms with van der Waals surface area (Å²) < 4.78 is 10.8. The second-order valence-electron chi connectivity index (χ2n) is 2.90. The Balaban J connectivity index is 2.41. The molecule has 0 spiro atoms. The molecule has 0 aromatic carbocycles. The van der Waals surface area contributed by atoms with E-state index in [0.29, 0.717) is 18.2 Å². The van der Waals surface area contributed by atoms with Crippen molar-refractivity contribution in [1.82, 2.24) is 0 Å². The molecule has 2 nitrogen and oxygen atoms in total. The zero-order valence-electron chi connectivity index (χ0n) is 6.96. The minimum atomic E-state index is 0.333. The molecule has 0 unspecified atom stereocenters. The summed E-state index contributed by atoms with van der Waals surface area (Å²) in [7, 11) is 3.86. The molecule has 0 saturated carbocycles. The standard InChI is InChI=1S/C7H15BO2/c1-3-5-6(9-2)4-7(8)10-5/h5-7H,3-4,8H2,1-2H3/t5-,6-,7-/m1/s1. The molecule has 0 bridgehead atoms. The molecule has 0 aromatic heterocycles. The van der Waals surface area contributed by atoms with Crippen LogP contribution in [0, 0.1) is 0 Å². The quantitative estimate of drug-likeness (QED) is 0.511. The van der Waals surface area contributed by atoms with Gasteiger partial charge < -0.3 is 9.47 Å². The molecule has 3 atom stereocenters. The van der Waals surface area contributed by atoms with Gasteiger partial charge in [-0.15, -0.1) is 0 Å². The van der Waals surface area contributed by atoms with E-state index >= 15 is 0 Å². The third kappa shape index (κ3) is 1.52. The molecule has 1 fully saturated rings. The van der Waals surface area contributed by atoms with E-state index in [9.17, 15) is 0 Å². The van der Waals surface area contributed by atoms with Crippen LogP contribution in [0.5, 0.6) is 0 Å². The van der Waals surface area contributed by atoms with Crippen LogP contribution >= 0.6 is 0 Å².